The number of benzene rings is 1. The molecule has 1 aromatic carbocycles. The van der Waals surface area contributed by atoms with E-state index >= 15 is 0 Å². The number of rotatable bonds is 1. The van der Waals surface area contributed by atoms with Gasteiger partial charge in [-0.1, -0.05) is 42.0 Å². The Kier molecular flexibility index (Phi) is 1.89. The maximum Gasteiger partial charge on any atom is 0.353 e. The monoisotopic (exact) mass is 301 g/mol. The topological polar surface area (TPSA) is 48.9 Å². The molecule has 5 rings (SSSR count). The van der Waals surface area contributed by atoms with Crippen LogP contribution in [0.2, 0.25) is 0 Å². The molecule has 0 unspecified atom stereocenters. The molecule has 4 atom stereocenters. The quantitative estimate of drug-likeness (QED) is 0.591. The Bertz CT molecular complexity index is 907. The molecule has 1 fully saturated rings. The van der Waals surface area contributed by atoms with Crippen molar-refractivity contribution in [1.82, 2.24) is 13.9 Å². The number of allylic oxidation sites excluding steroid dienone is 2. The predicted molar refractivity (Wildman–Crippen MR) is 77.9 cm³/mol. The van der Waals surface area contributed by atoms with Gasteiger partial charge in [0.25, 0.3) is 0 Å². The molecule has 0 saturated heterocycles. The third-order valence-corrected chi connectivity index (χ3v) is 5.70. The summed E-state index contributed by atoms with van der Waals surface area (Å²) < 4.78 is 4.20. The number of halogens is 1. The van der Waals surface area contributed by atoms with E-state index in [-0.39, 0.29) is 29.3 Å². The number of para-hydroxylation sites is 1. The van der Waals surface area contributed by atoms with E-state index in [0.29, 0.717) is 5.69 Å². The van der Waals surface area contributed by atoms with Crippen molar-refractivity contribution in [2.24, 2.45) is 11.8 Å². The second kappa shape index (κ2) is 3.42. The fraction of sp³-hybridized carbons (Fsp3) is 0.333. The first kappa shape index (κ1) is 11.6. The summed E-state index contributed by atoms with van der Waals surface area (Å²) in [6.07, 6.45) is 5.12. The van der Waals surface area contributed by atoms with Crippen LogP contribution in [0.5, 0.6) is 0 Å². The second-order valence-electron chi connectivity index (χ2n) is 5.96. The summed E-state index contributed by atoms with van der Waals surface area (Å²) in [6, 6.07) is 8.89. The van der Waals surface area contributed by atoms with Crippen LogP contribution in [0.3, 0.4) is 0 Å². The van der Waals surface area contributed by atoms with Crippen LogP contribution < -0.4 is 11.4 Å². The summed E-state index contributed by atoms with van der Waals surface area (Å²) >= 11 is 6.75. The van der Waals surface area contributed by atoms with E-state index in [4.69, 9.17) is 11.6 Å². The van der Waals surface area contributed by atoms with E-state index in [1.54, 1.807) is 12.1 Å². The molecule has 106 valence electrons. The summed E-state index contributed by atoms with van der Waals surface area (Å²) in [5.41, 5.74) is -0.0626. The standard InChI is InChI=1S/C15H12ClN3O2/c16-15-10-7-6-9(8-10)12(15)18-13(20)17(14(21)19(15)18)11-4-2-1-3-5-11/h1-7,9-10,12H,8H2/t9-,10+,12+,15-/m1/s1. The Balaban J connectivity index is 1.81. The Hall–Kier alpha value is -2.01. The molecular formula is C15H12ClN3O2. The van der Waals surface area contributed by atoms with Crippen LogP contribution in [0.25, 0.3) is 5.69 Å². The average molecular weight is 302 g/mol. The lowest BCUT2D eigenvalue weighted by atomic mass is 9.92. The highest BCUT2D eigenvalue weighted by Crippen LogP contribution is 2.63. The minimum Gasteiger partial charge on any atom is -0.245 e. The molecule has 0 N–H and O–H groups in total. The van der Waals surface area contributed by atoms with Gasteiger partial charge in [-0.05, 0) is 18.6 Å². The van der Waals surface area contributed by atoms with Gasteiger partial charge in [0.1, 0.15) is 6.04 Å². The van der Waals surface area contributed by atoms with Crippen LogP contribution in [0.4, 0.5) is 0 Å². The number of alkyl halides is 1. The zero-order valence-electron chi connectivity index (χ0n) is 11.0. The molecule has 0 amide bonds. The minimum atomic E-state index is -0.754. The first-order valence-corrected chi connectivity index (χ1v) is 7.41. The third kappa shape index (κ3) is 1.09. The maximum atomic E-state index is 12.7. The van der Waals surface area contributed by atoms with Gasteiger partial charge in [0, 0.05) is 11.8 Å². The van der Waals surface area contributed by atoms with E-state index in [2.05, 4.69) is 12.2 Å². The SMILES string of the molecule is O=c1n(-c2ccccc2)c(=O)n2n1[C@H]1[C@@H]3C=C[C@@H](C3)[C@]12Cl. The van der Waals surface area contributed by atoms with Gasteiger partial charge in [-0.15, -0.1) is 0 Å². The third-order valence-electron chi connectivity index (χ3n) is 5.03. The minimum absolute atomic E-state index is 0.0978. The highest BCUT2D eigenvalue weighted by Gasteiger charge is 2.67. The molecule has 2 heterocycles. The lowest BCUT2D eigenvalue weighted by Gasteiger charge is -2.47. The van der Waals surface area contributed by atoms with Gasteiger partial charge in [0.15, 0.2) is 5.00 Å². The van der Waals surface area contributed by atoms with Crippen LogP contribution in [-0.4, -0.2) is 13.9 Å². The fourth-order valence-corrected chi connectivity index (χ4v) is 4.74. The van der Waals surface area contributed by atoms with Gasteiger partial charge in [0.2, 0.25) is 0 Å². The van der Waals surface area contributed by atoms with Crippen molar-refractivity contribution in [3.63, 3.8) is 0 Å². The Morgan fingerprint density at radius 2 is 1.86 bits per heavy atom. The largest absolute Gasteiger partial charge is 0.353 e. The van der Waals surface area contributed by atoms with E-state index in [1.807, 2.05) is 18.2 Å². The van der Waals surface area contributed by atoms with Gasteiger partial charge in [-0.2, -0.15) is 0 Å². The number of aromatic nitrogens is 3. The highest BCUT2D eigenvalue weighted by molar-refractivity contribution is 6.23. The van der Waals surface area contributed by atoms with Crippen LogP contribution in [0, 0.1) is 11.8 Å². The number of nitrogens with zero attached hydrogens (tertiary/aromatic N) is 3. The first-order valence-electron chi connectivity index (χ1n) is 7.03. The Labute approximate surface area is 124 Å². The number of hydrogen-bond acceptors (Lipinski definition) is 2. The highest BCUT2D eigenvalue weighted by atomic mass is 35.5. The second-order valence-corrected chi connectivity index (χ2v) is 6.56. The average Bonchev–Trinajstić information content (AvgIpc) is 3.07. The van der Waals surface area contributed by atoms with Gasteiger partial charge < -0.3 is 0 Å². The molecule has 6 heteroatoms. The summed E-state index contributed by atoms with van der Waals surface area (Å²) in [5, 5.41) is 0. The van der Waals surface area contributed by atoms with Crippen molar-refractivity contribution in [2.45, 2.75) is 17.5 Å². The van der Waals surface area contributed by atoms with Gasteiger partial charge >= 0.3 is 11.4 Å². The first-order chi connectivity index (χ1) is 10.1. The van der Waals surface area contributed by atoms with E-state index in [9.17, 15) is 9.59 Å². The molecule has 0 radical (unpaired) electrons. The van der Waals surface area contributed by atoms with Gasteiger partial charge in [-0.25, -0.2) is 23.5 Å². The van der Waals surface area contributed by atoms with Crippen molar-refractivity contribution in [2.75, 3.05) is 0 Å². The summed E-state index contributed by atoms with van der Waals surface area (Å²) in [6.45, 7) is 0. The number of hydrogen-bond donors (Lipinski definition) is 0. The molecular weight excluding hydrogens is 290 g/mol. The normalized spacial score (nSPS) is 34.6. The van der Waals surface area contributed by atoms with Crippen molar-refractivity contribution in [3.8, 4) is 5.69 Å². The molecule has 0 spiro atoms. The van der Waals surface area contributed by atoms with E-state index in [1.165, 1.54) is 13.9 Å². The van der Waals surface area contributed by atoms with E-state index < -0.39 is 5.00 Å². The fourth-order valence-electron chi connectivity index (χ4n) is 4.17. The van der Waals surface area contributed by atoms with Crippen LogP contribution in [0.15, 0.2) is 52.1 Å². The molecule has 2 bridgehead atoms. The molecule has 1 aliphatic heterocycles. The molecule has 5 nitrogen and oxygen atoms in total. The van der Waals surface area contributed by atoms with Crippen LogP contribution in [-0.2, 0) is 5.00 Å². The molecule has 2 aromatic rings. The predicted octanol–water partition coefficient (Wildman–Crippen LogP) is 1.45. The zero-order chi connectivity index (χ0) is 14.4. The van der Waals surface area contributed by atoms with Crippen molar-refractivity contribution in [1.29, 1.82) is 0 Å². The van der Waals surface area contributed by atoms with Crippen molar-refractivity contribution >= 4 is 11.6 Å². The Morgan fingerprint density at radius 3 is 2.62 bits per heavy atom. The molecule has 1 saturated carbocycles. The van der Waals surface area contributed by atoms with E-state index in [0.717, 1.165) is 6.42 Å². The van der Waals surface area contributed by atoms with Crippen molar-refractivity contribution < 1.29 is 0 Å². The number of fused-ring (bicyclic) bond motifs is 8. The Morgan fingerprint density at radius 1 is 1.10 bits per heavy atom. The van der Waals surface area contributed by atoms with Gasteiger partial charge in [0.05, 0.1) is 5.69 Å². The summed E-state index contributed by atoms with van der Waals surface area (Å²) in [7, 11) is 0. The van der Waals surface area contributed by atoms with Crippen LogP contribution >= 0.6 is 11.6 Å². The molecule has 21 heavy (non-hydrogen) atoms. The molecule has 3 aliphatic rings. The summed E-state index contributed by atoms with van der Waals surface area (Å²) in [5.74, 6) is 0.397. The van der Waals surface area contributed by atoms with Gasteiger partial charge in [-0.3, -0.25) is 0 Å². The van der Waals surface area contributed by atoms with Crippen molar-refractivity contribution in [3.05, 3.63) is 63.5 Å². The smallest absolute Gasteiger partial charge is 0.245 e. The lowest BCUT2D eigenvalue weighted by molar-refractivity contribution is 0.0704. The molecule has 1 aromatic heterocycles. The molecule has 2 aliphatic carbocycles. The summed E-state index contributed by atoms with van der Waals surface area (Å²) in [4.78, 5) is 24.6. The maximum absolute atomic E-state index is 12.7. The van der Waals surface area contributed by atoms with Crippen LogP contribution in [0.1, 0.15) is 12.5 Å². The zero-order valence-corrected chi connectivity index (χ0v) is 11.8. The lowest BCUT2D eigenvalue weighted by Crippen LogP contribution is -2.60.